The molecule has 0 unspecified atom stereocenters. The maximum atomic E-state index is 13.5. The number of aryl methyl sites for hydroxylation is 1. The molecule has 33 heavy (non-hydrogen) atoms. The molecule has 1 saturated carbocycles. The summed E-state index contributed by atoms with van der Waals surface area (Å²) < 4.78 is 43.4. The fraction of sp³-hybridized carbons (Fsp3) is 0.273. The Labute approximate surface area is 186 Å². The minimum Gasteiger partial charge on any atom is -0.385 e. The number of anilines is 1. The molecular weight excluding hydrogens is 433 g/mol. The molecule has 1 fully saturated rings. The lowest BCUT2D eigenvalue weighted by Crippen LogP contribution is -2.05. The standard InChI is InChI=1S/C22H21F3N8/c1-12-8-17(21(24)25)33(30-12)19-9-18(26)29-22-15(6-7-27-19)20(16-5-4-14(23)10-28-16)31-32(22)11-13-2-3-13/h4-10,13,21,29H,2-3,11,26H2,1H3. The van der Waals surface area contributed by atoms with Gasteiger partial charge in [0.2, 0.25) is 0 Å². The zero-order chi connectivity index (χ0) is 23.1. The van der Waals surface area contributed by atoms with Crippen molar-refractivity contribution in [3.8, 4) is 17.2 Å². The van der Waals surface area contributed by atoms with Crippen molar-refractivity contribution >= 4 is 16.9 Å². The van der Waals surface area contributed by atoms with Crippen LogP contribution in [0.15, 0.2) is 42.7 Å². The van der Waals surface area contributed by atoms with E-state index in [2.05, 4.69) is 20.1 Å². The molecule has 0 bridgehead atoms. The molecule has 0 amide bonds. The summed E-state index contributed by atoms with van der Waals surface area (Å²) in [5, 5.41) is 9.51. The van der Waals surface area contributed by atoms with Crippen LogP contribution in [0.5, 0.6) is 0 Å². The number of H-pyrrole nitrogens is 1. The smallest absolute Gasteiger partial charge is 0.280 e. The highest BCUT2D eigenvalue weighted by atomic mass is 19.3. The molecule has 1 aliphatic carbocycles. The van der Waals surface area contributed by atoms with E-state index in [0.717, 1.165) is 23.7 Å². The molecular formula is C22H21F3N8. The normalized spacial score (nSPS) is 13.6. The summed E-state index contributed by atoms with van der Waals surface area (Å²) in [5.74, 6) is 0.380. The van der Waals surface area contributed by atoms with E-state index < -0.39 is 12.2 Å². The lowest BCUT2D eigenvalue weighted by Gasteiger charge is -2.04. The van der Waals surface area contributed by atoms with Crippen molar-refractivity contribution in [1.29, 1.82) is 0 Å². The summed E-state index contributed by atoms with van der Waals surface area (Å²) in [5.41, 5.74) is 8.03. The van der Waals surface area contributed by atoms with E-state index >= 15 is 0 Å². The van der Waals surface area contributed by atoms with E-state index in [0.29, 0.717) is 40.6 Å². The molecule has 3 N–H and O–H groups in total. The van der Waals surface area contributed by atoms with Crippen LogP contribution in [0.25, 0.3) is 28.2 Å². The van der Waals surface area contributed by atoms with Crippen molar-refractivity contribution in [2.45, 2.75) is 32.7 Å². The maximum absolute atomic E-state index is 13.5. The van der Waals surface area contributed by atoms with Crippen LogP contribution in [0.3, 0.4) is 0 Å². The van der Waals surface area contributed by atoms with E-state index in [9.17, 15) is 13.2 Å². The summed E-state index contributed by atoms with van der Waals surface area (Å²) in [6.07, 6.45) is 2.11. The molecule has 4 aromatic rings. The quantitative estimate of drug-likeness (QED) is 0.462. The summed E-state index contributed by atoms with van der Waals surface area (Å²) >= 11 is 0. The summed E-state index contributed by atoms with van der Waals surface area (Å²) in [6.45, 7) is 2.31. The summed E-state index contributed by atoms with van der Waals surface area (Å²) in [7, 11) is 0. The van der Waals surface area contributed by atoms with Crippen LogP contribution in [0, 0.1) is 18.7 Å². The number of hydrogen-bond acceptors (Lipinski definition) is 5. The van der Waals surface area contributed by atoms with Crippen molar-refractivity contribution in [2.24, 2.45) is 5.92 Å². The molecule has 0 radical (unpaired) electrons. The van der Waals surface area contributed by atoms with Crippen LogP contribution in [0.4, 0.5) is 19.0 Å². The Balaban J connectivity index is 1.73. The molecule has 4 aromatic heterocycles. The van der Waals surface area contributed by atoms with Crippen LogP contribution in [-0.2, 0) is 6.54 Å². The van der Waals surface area contributed by atoms with E-state index in [-0.39, 0.29) is 17.3 Å². The number of hydrogen-bond donors (Lipinski definition) is 2. The Morgan fingerprint density at radius 3 is 2.67 bits per heavy atom. The molecule has 170 valence electrons. The highest BCUT2D eigenvalue weighted by Crippen LogP contribution is 2.33. The highest BCUT2D eigenvalue weighted by molar-refractivity contribution is 5.89. The van der Waals surface area contributed by atoms with Gasteiger partial charge >= 0.3 is 0 Å². The highest BCUT2D eigenvalue weighted by Gasteiger charge is 2.24. The Kier molecular flexibility index (Phi) is 5.23. The molecule has 0 aliphatic heterocycles. The monoisotopic (exact) mass is 454 g/mol. The number of nitrogen functional groups attached to an aromatic ring is 1. The second-order valence-corrected chi connectivity index (χ2v) is 8.05. The largest absolute Gasteiger partial charge is 0.385 e. The Morgan fingerprint density at radius 1 is 1.15 bits per heavy atom. The van der Waals surface area contributed by atoms with E-state index in [1.165, 1.54) is 24.4 Å². The number of pyridine rings is 1. The van der Waals surface area contributed by atoms with Crippen molar-refractivity contribution in [3.63, 3.8) is 0 Å². The average molecular weight is 454 g/mol. The fourth-order valence-electron chi connectivity index (χ4n) is 3.66. The first kappa shape index (κ1) is 21.0. The summed E-state index contributed by atoms with van der Waals surface area (Å²) in [6, 6.07) is 7.32. The van der Waals surface area contributed by atoms with Gasteiger partial charge < -0.3 is 10.7 Å². The third kappa shape index (κ3) is 4.26. The second-order valence-electron chi connectivity index (χ2n) is 8.05. The number of aromatic nitrogens is 7. The van der Waals surface area contributed by atoms with Crippen molar-refractivity contribution in [2.75, 3.05) is 5.73 Å². The van der Waals surface area contributed by atoms with Crippen LogP contribution < -0.4 is 5.73 Å². The topological polar surface area (TPSA) is 103 Å². The zero-order valence-electron chi connectivity index (χ0n) is 17.7. The molecule has 0 aromatic carbocycles. The average Bonchev–Trinajstić information content (AvgIpc) is 3.39. The third-order valence-corrected chi connectivity index (χ3v) is 5.38. The van der Waals surface area contributed by atoms with Gasteiger partial charge in [-0.15, -0.1) is 0 Å². The molecule has 5 rings (SSSR count). The van der Waals surface area contributed by atoms with Crippen molar-refractivity contribution in [3.05, 3.63) is 59.9 Å². The van der Waals surface area contributed by atoms with Gasteiger partial charge in [-0.05, 0) is 49.9 Å². The Hall–Kier alpha value is -3.89. The minimum atomic E-state index is -2.73. The number of halogens is 3. The number of alkyl halides is 2. The number of rotatable bonds is 5. The predicted octanol–water partition coefficient (Wildman–Crippen LogP) is 4.51. The summed E-state index contributed by atoms with van der Waals surface area (Å²) in [4.78, 5) is 11.6. The van der Waals surface area contributed by atoms with Crippen LogP contribution in [0.2, 0.25) is 0 Å². The number of nitrogens with two attached hydrogens (primary N) is 1. The molecule has 0 spiro atoms. The molecule has 0 saturated heterocycles. The second kappa shape index (κ2) is 8.23. The van der Waals surface area contributed by atoms with Gasteiger partial charge in [-0.2, -0.15) is 10.2 Å². The number of aromatic amines is 1. The minimum absolute atomic E-state index is 0.132. The van der Waals surface area contributed by atoms with Gasteiger partial charge in [0.05, 0.1) is 17.6 Å². The fourth-order valence-corrected chi connectivity index (χ4v) is 3.66. The number of fused-ring (bicyclic) bond motifs is 1. The van der Waals surface area contributed by atoms with Crippen LogP contribution in [-0.4, -0.2) is 34.5 Å². The molecule has 0 atom stereocenters. The number of nitrogens with one attached hydrogen (secondary N) is 1. The van der Waals surface area contributed by atoms with E-state index in [1.807, 2.05) is 4.68 Å². The van der Waals surface area contributed by atoms with Crippen LogP contribution in [0.1, 0.15) is 30.7 Å². The first-order valence-electron chi connectivity index (χ1n) is 10.5. The number of nitrogens with zero attached hydrogens (tertiary/aromatic N) is 6. The zero-order valence-corrected chi connectivity index (χ0v) is 17.7. The molecule has 11 heteroatoms. The Bertz CT molecular complexity index is 1360. The van der Waals surface area contributed by atoms with Gasteiger partial charge in [0, 0.05) is 24.2 Å². The molecule has 4 heterocycles. The first-order chi connectivity index (χ1) is 15.9. The van der Waals surface area contributed by atoms with Gasteiger partial charge in [-0.1, -0.05) is 0 Å². The van der Waals surface area contributed by atoms with Gasteiger partial charge in [0.15, 0.2) is 5.82 Å². The molecule has 8 nitrogen and oxygen atoms in total. The first-order valence-corrected chi connectivity index (χ1v) is 10.5. The van der Waals surface area contributed by atoms with Gasteiger partial charge in [-0.25, -0.2) is 27.5 Å². The maximum Gasteiger partial charge on any atom is 0.280 e. The van der Waals surface area contributed by atoms with Crippen molar-refractivity contribution in [1.82, 2.24) is 34.5 Å². The lowest BCUT2D eigenvalue weighted by atomic mass is 10.2. The predicted molar refractivity (Wildman–Crippen MR) is 117 cm³/mol. The third-order valence-electron chi connectivity index (χ3n) is 5.38. The van der Waals surface area contributed by atoms with E-state index in [1.54, 1.807) is 19.1 Å². The Morgan fingerprint density at radius 2 is 1.97 bits per heavy atom. The van der Waals surface area contributed by atoms with Gasteiger partial charge in [0.25, 0.3) is 6.43 Å². The van der Waals surface area contributed by atoms with Crippen LogP contribution >= 0.6 is 0 Å². The SMILES string of the molecule is Cc1cc(C(F)F)n(-c2cc(N)[nH]c3c(ccn2)c(-c2ccc(F)cn2)nn3CC2CC2)n1. The van der Waals surface area contributed by atoms with E-state index in [4.69, 9.17) is 10.8 Å². The van der Waals surface area contributed by atoms with Gasteiger partial charge in [-0.3, -0.25) is 4.98 Å². The van der Waals surface area contributed by atoms with Gasteiger partial charge in [0.1, 0.15) is 28.7 Å². The lowest BCUT2D eigenvalue weighted by molar-refractivity contribution is 0.142. The molecule has 1 aliphatic rings. The van der Waals surface area contributed by atoms with Crippen molar-refractivity contribution < 1.29 is 13.2 Å².